The van der Waals surface area contributed by atoms with Gasteiger partial charge in [-0.25, -0.2) is 4.79 Å². The van der Waals surface area contributed by atoms with Gasteiger partial charge in [-0.3, -0.25) is 14.5 Å². The summed E-state index contributed by atoms with van der Waals surface area (Å²) in [5.74, 6) is 0.0554. The standard InChI is InChI=1S/C19H32N4O3.BrH/c1-3-22(15-8-13-21(2)14-9-15)16(24)7-6-12-23-17(25)19(20-18(23)26)10-4-5-11-19;/h15H,3-14H2,1-2H3,(H,20,26);1H. The number of hydrogen-bond donors (Lipinski definition) is 1. The van der Waals surface area contributed by atoms with Crippen molar-refractivity contribution < 1.29 is 14.4 Å². The third-order valence-corrected chi connectivity index (χ3v) is 6.27. The average molecular weight is 445 g/mol. The van der Waals surface area contributed by atoms with E-state index in [-0.39, 0.29) is 34.8 Å². The van der Waals surface area contributed by atoms with Gasteiger partial charge in [0.2, 0.25) is 5.91 Å². The molecule has 8 heteroatoms. The second kappa shape index (κ2) is 9.37. The van der Waals surface area contributed by atoms with Gasteiger partial charge in [-0.2, -0.15) is 0 Å². The van der Waals surface area contributed by atoms with Crippen molar-refractivity contribution in [3.05, 3.63) is 0 Å². The van der Waals surface area contributed by atoms with Crippen molar-refractivity contribution >= 4 is 34.8 Å². The first-order valence-electron chi connectivity index (χ1n) is 10.1. The van der Waals surface area contributed by atoms with Crippen molar-refractivity contribution in [2.75, 3.05) is 33.2 Å². The van der Waals surface area contributed by atoms with Crippen LogP contribution in [0.5, 0.6) is 0 Å². The van der Waals surface area contributed by atoms with Crippen molar-refractivity contribution in [1.29, 1.82) is 0 Å². The Bertz CT molecular complexity index is 557. The van der Waals surface area contributed by atoms with E-state index in [4.69, 9.17) is 0 Å². The van der Waals surface area contributed by atoms with Gasteiger partial charge < -0.3 is 15.1 Å². The van der Waals surface area contributed by atoms with Gasteiger partial charge in [-0.05, 0) is 59.2 Å². The number of nitrogens with zero attached hydrogens (tertiary/aromatic N) is 3. The molecule has 0 unspecified atom stereocenters. The number of imide groups is 1. The largest absolute Gasteiger partial charge is 0.340 e. The average Bonchev–Trinajstić information content (AvgIpc) is 3.18. The second-order valence-corrected chi connectivity index (χ2v) is 7.99. The number of piperidine rings is 1. The maximum atomic E-state index is 12.6. The first kappa shape index (κ1) is 22.1. The molecular formula is C19H33BrN4O3. The second-order valence-electron chi connectivity index (χ2n) is 7.99. The first-order chi connectivity index (χ1) is 12.5. The molecule has 0 aromatic rings. The van der Waals surface area contributed by atoms with Gasteiger partial charge in [0.25, 0.3) is 5.91 Å². The number of rotatable bonds is 6. The Kier molecular flexibility index (Phi) is 7.68. The van der Waals surface area contributed by atoms with Crippen LogP contribution in [0.4, 0.5) is 4.79 Å². The highest BCUT2D eigenvalue weighted by atomic mass is 79.9. The lowest BCUT2D eigenvalue weighted by atomic mass is 9.98. The first-order valence-corrected chi connectivity index (χ1v) is 10.1. The molecule has 7 nitrogen and oxygen atoms in total. The maximum absolute atomic E-state index is 12.6. The van der Waals surface area contributed by atoms with E-state index >= 15 is 0 Å². The van der Waals surface area contributed by atoms with Crippen molar-refractivity contribution in [3.8, 4) is 0 Å². The summed E-state index contributed by atoms with van der Waals surface area (Å²) in [5.41, 5.74) is -0.648. The van der Waals surface area contributed by atoms with Gasteiger partial charge in [0, 0.05) is 25.6 Å². The normalized spacial score (nSPS) is 22.8. The zero-order chi connectivity index (χ0) is 18.7. The number of urea groups is 1. The van der Waals surface area contributed by atoms with E-state index in [1.54, 1.807) is 0 Å². The van der Waals surface area contributed by atoms with Crippen LogP contribution in [0.2, 0.25) is 0 Å². The minimum absolute atomic E-state index is 0. The Morgan fingerprint density at radius 2 is 1.85 bits per heavy atom. The fourth-order valence-electron chi connectivity index (χ4n) is 4.67. The van der Waals surface area contributed by atoms with Crippen LogP contribution in [0.15, 0.2) is 0 Å². The summed E-state index contributed by atoms with van der Waals surface area (Å²) in [6.45, 7) is 5.14. The number of halogens is 1. The molecule has 4 amide bonds. The van der Waals surface area contributed by atoms with Gasteiger partial charge in [0.15, 0.2) is 0 Å². The summed E-state index contributed by atoms with van der Waals surface area (Å²) < 4.78 is 0. The fraction of sp³-hybridized carbons (Fsp3) is 0.842. The molecule has 0 radical (unpaired) electrons. The lowest BCUT2D eigenvalue weighted by Crippen LogP contribution is -2.46. The number of likely N-dealkylation sites (tertiary alicyclic amines) is 1. The summed E-state index contributed by atoms with van der Waals surface area (Å²) in [4.78, 5) is 43.1. The summed E-state index contributed by atoms with van der Waals surface area (Å²) in [5, 5.41) is 2.89. The van der Waals surface area contributed by atoms with Crippen molar-refractivity contribution in [2.24, 2.45) is 0 Å². The van der Waals surface area contributed by atoms with Crippen LogP contribution < -0.4 is 5.32 Å². The molecule has 3 fully saturated rings. The third-order valence-electron chi connectivity index (χ3n) is 6.27. The predicted octanol–water partition coefficient (Wildman–Crippen LogP) is 2.15. The minimum atomic E-state index is -0.648. The quantitative estimate of drug-likeness (QED) is 0.636. The van der Waals surface area contributed by atoms with Crippen molar-refractivity contribution in [3.63, 3.8) is 0 Å². The molecule has 3 rings (SSSR count). The smallest absolute Gasteiger partial charge is 0.325 e. The molecule has 1 spiro atoms. The molecule has 154 valence electrons. The number of amides is 4. The Labute approximate surface area is 172 Å². The zero-order valence-electron chi connectivity index (χ0n) is 16.5. The fourth-order valence-corrected chi connectivity index (χ4v) is 4.67. The van der Waals surface area contributed by atoms with Crippen LogP contribution in [0.1, 0.15) is 58.3 Å². The SMILES string of the molecule is Br.CCN(C(=O)CCCN1C(=O)NC2(CCCC2)C1=O)C1CCN(C)CC1. The van der Waals surface area contributed by atoms with E-state index in [9.17, 15) is 14.4 Å². The van der Waals surface area contributed by atoms with E-state index in [2.05, 4.69) is 17.3 Å². The molecule has 2 heterocycles. The van der Waals surface area contributed by atoms with Gasteiger partial charge in [-0.15, -0.1) is 17.0 Å². The molecular weight excluding hydrogens is 412 g/mol. The van der Waals surface area contributed by atoms with Crippen LogP contribution in [-0.2, 0) is 9.59 Å². The van der Waals surface area contributed by atoms with Gasteiger partial charge in [0.05, 0.1) is 0 Å². The summed E-state index contributed by atoms with van der Waals surface area (Å²) >= 11 is 0. The third kappa shape index (κ3) is 4.65. The van der Waals surface area contributed by atoms with Crippen LogP contribution in [0, 0.1) is 0 Å². The zero-order valence-corrected chi connectivity index (χ0v) is 18.3. The number of nitrogens with one attached hydrogen (secondary N) is 1. The molecule has 2 aliphatic heterocycles. The minimum Gasteiger partial charge on any atom is -0.340 e. The molecule has 0 bridgehead atoms. The summed E-state index contributed by atoms with van der Waals surface area (Å²) in [6, 6.07) is 0.0363. The van der Waals surface area contributed by atoms with Crippen LogP contribution in [-0.4, -0.2) is 77.4 Å². The molecule has 27 heavy (non-hydrogen) atoms. The Balaban J connectivity index is 0.00000261. The Morgan fingerprint density at radius 1 is 1.22 bits per heavy atom. The van der Waals surface area contributed by atoms with Gasteiger partial charge in [-0.1, -0.05) is 12.8 Å². The predicted molar refractivity (Wildman–Crippen MR) is 109 cm³/mol. The van der Waals surface area contributed by atoms with E-state index in [1.165, 1.54) is 4.90 Å². The number of carbonyl (C=O) groups excluding carboxylic acids is 3. The Morgan fingerprint density at radius 3 is 2.44 bits per heavy atom. The van der Waals surface area contributed by atoms with Crippen LogP contribution in [0.25, 0.3) is 0 Å². The molecule has 1 aliphatic carbocycles. The maximum Gasteiger partial charge on any atom is 0.325 e. The highest BCUT2D eigenvalue weighted by Crippen LogP contribution is 2.35. The highest BCUT2D eigenvalue weighted by molar-refractivity contribution is 8.93. The van der Waals surface area contributed by atoms with E-state index < -0.39 is 5.54 Å². The molecule has 0 aromatic heterocycles. The summed E-state index contributed by atoms with van der Waals surface area (Å²) in [6.07, 6.45) is 6.43. The molecule has 2 saturated heterocycles. The molecule has 1 N–H and O–H groups in total. The van der Waals surface area contributed by atoms with Crippen molar-refractivity contribution in [1.82, 2.24) is 20.0 Å². The molecule has 1 saturated carbocycles. The lowest BCUT2D eigenvalue weighted by molar-refractivity contribution is -0.135. The van der Waals surface area contributed by atoms with Crippen LogP contribution >= 0.6 is 17.0 Å². The Hall–Kier alpha value is -1.15. The van der Waals surface area contributed by atoms with Crippen molar-refractivity contribution in [2.45, 2.75) is 69.9 Å². The monoisotopic (exact) mass is 444 g/mol. The highest BCUT2D eigenvalue weighted by Gasteiger charge is 2.52. The van der Waals surface area contributed by atoms with E-state index in [0.717, 1.165) is 58.2 Å². The number of carbonyl (C=O) groups is 3. The van der Waals surface area contributed by atoms with Crippen LogP contribution in [0.3, 0.4) is 0 Å². The van der Waals surface area contributed by atoms with Gasteiger partial charge >= 0.3 is 6.03 Å². The van der Waals surface area contributed by atoms with Gasteiger partial charge in [0.1, 0.15) is 5.54 Å². The summed E-state index contributed by atoms with van der Waals surface area (Å²) in [7, 11) is 2.11. The number of hydrogen-bond acceptors (Lipinski definition) is 4. The van der Waals surface area contributed by atoms with E-state index in [0.29, 0.717) is 25.4 Å². The molecule has 0 aromatic carbocycles. The lowest BCUT2D eigenvalue weighted by Gasteiger charge is -2.37. The molecule has 3 aliphatic rings. The molecule has 0 atom stereocenters. The topological polar surface area (TPSA) is 73.0 Å². The van der Waals surface area contributed by atoms with E-state index in [1.807, 2.05) is 11.8 Å².